The summed E-state index contributed by atoms with van der Waals surface area (Å²) >= 11 is 0. The molecule has 0 fully saturated rings. The molecule has 0 saturated heterocycles. The van der Waals surface area contributed by atoms with Gasteiger partial charge in [0, 0.05) is 4.91 Å². The van der Waals surface area contributed by atoms with Gasteiger partial charge in [0.2, 0.25) is 0 Å². The van der Waals surface area contributed by atoms with E-state index >= 15 is 0 Å². The van der Waals surface area contributed by atoms with Gasteiger partial charge < -0.3 is 0 Å². The molecule has 66 valence electrons. The number of hydrogen-bond acceptors (Lipinski definition) is 1. The third kappa shape index (κ3) is 1.65. The second kappa shape index (κ2) is 3.50. The van der Waals surface area contributed by atoms with Crippen molar-refractivity contribution >= 4 is 0 Å². The van der Waals surface area contributed by atoms with Crippen molar-refractivity contribution in [2.75, 3.05) is 0 Å². The van der Waals surface area contributed by atoms with E-state index in [2.05, 4.69) is 28.2 Å². The summed E-state index contributed by atoms with van der Waals surface area (Å²) < 4.78 is 0. The molecule has 0 radical (unpaired) electrons. The van der Waals surface area contributed by atoms with Crippen molar-refractivity contribution in [2.45, 2.75) is 25.8 Å². The molecular formula is C10H11N3. The highest BCUT2D eigenvalue weighted by molar-refractivity contribution is 5.35. The molecule has 0 heterocycles. The van der Waals surface area contributed by atoms with Crippen LogP contribution in [0.1, 0.15) is 23.1 Å². The van der Waals surface area contributed by atoms with Crippen molar-refractivity contribution < 1.29 is 0 Å². The molecule has 3 nitrogen and oxygen atoms in total. The molecule has 0 N–H and O–H groups in total. The van der Waals surface area contributed by atoms with Crippen molar-refractivity contribution in [3.05, 3.63) is 45.3 Å². The minimum atomic E-state index is 0.476. The van der Waals surface area contributed by atoms with Gasteiger partial charge in [-0.2, -0.15) is 0 Å². The molecule has 1 aliphatic carbocycles. The van der Waals surface area contributed by atoms with E-state index < -0.39 is 0 Å². The van der Waals surface area contributed by atoms with Gasteiger partial charge in [0.05, 0.1) is 6.54 Å². The standard InChI is InChI=1S/C10H11N3/c11-13-12-7-8-4-5-9-2-1-3-10(9)6-8/h4-6H,1-3,7H2. The molecule has 2 rings (SSSR count). The summed E-state index contributed by atoms with van der Waals surface area (Å²) in [5.41, 5.74) is 12.2. The predicted molar refractivity (Wildman–Crippen MR) is 51.3 cm³/mol. The Labute approximate surface area is 77.0 Å². The van der Waals surface area contributed by atoms with Crippen LogP contribution in [0.5, 0.6) is 0 Å². The molecule has 0 bridgehead atoms. The normalized spacial score (nSPS) is 13.5. The minimum absolute atomic E-state index is 0.476. The number of hydrogen-bond donors (Lipinski definition) is 0. The molecule has 0 atom stereocenters. The molecule has 0 unspecified atom stereocenters. The first kappa shape index (κ1) is 8.14. The van der Waals surface area contributed by atoms with Crippen LogP contribution in [0.4, 0.5) is 0 Å². The zero-order chi connectivity index (χ0) is 9.10. The Balaban J connectivity index is 2.25. The van der Waals surface area contributed by atoms with Crippen LogP contribution in [0, 0.1) is 0 Å². The highest BCUT2D eigenvalue weighted by atomic mass is 15.1. The number of rotatable bonds is 2. The zero-order valence-corrected chi connectivity index (χ0v) is 7.40. The third-order valence-electron chi connectivity index (χ3n) is 2.48. The fourth-order valence-corrected chi connectivity index (χ4v) is 1.84. The van der Waals surface area contributed by atoms with Crippen LogP contribution >= 0.6 is 0 Å². The van der Waals surface area contributed by atoms with Crippen molar-refractivity contribution in [3.8, 4) is 0 Å². The van der Waals surface area contributed by atoms with Crippen molar-refractivity contribution in [1.29, 1.82) is 0 Å². The topological polar surface area (TPSA) is 48.8 Å². The largest absolute Gasteiger partial charge is 0.0893 e. The van der Waals surface area contributed by atoms with Gasteiger partial charge in [-0.1, -0.05) is 23.3 Å². The maximum Gasteiger partial charge on any atom is 0.0510 e. The molecule has 0 saturated carbocycles. The lowest BCUT2D eigenvalue weighted by atomic mass is 10.1. The lowest BCUT2D eigenvalue weighted by Crippen LogP contribution is -1.86. The average molecular weight is 173 g/mol. The summed E-state index contributed by atoms with van der Waals surface area (Å²) in [7, 11) is 0. The number of azide groups is 1. The van der Waals surface area contributed by atoms with Crippen molar-refractivity contribution in [3.63, 3.8) is 0 Å². The highest BCUT2D eigenvalue weighted by Gasteiger charge is 2.09. The van der Waals surface area contributed by atoms with E-state index in [4.69, 9.17) is 5.53 Å². The van der Waals surface area contributed by atoms with Crippen LogP contribution in [0.15, 0.2) is 23.3 Å². The third-order valence-corrected chi connectivity index (χ3v) is 2.48. The Bertz CT molecular complexity index is 364. The number of nitrogens with zero attached hydrogens (tertiary/aromatic N) is 3. The molecular weight excluding hydrogens is 162 g/mol. The quantitative estimate of drug-likeness (QED) is 0.375. The van der Waals surface area contributed by atoms with Crippen molar-refractivity contribution in [2.24, 2.45) is 5.11 Å². The summed E-state index contributed by atoms with van der Waals surface area (Å²) in [5, 5.41) is 3.55. The Morgan fingerprint density at radius 2 is 2.15 bits per heavy atom. The first-order chi connectivity index (χ1) is 6.40. The van der Waals surface area contributed by atoms with Gasteiger partial charge in [0.25, 0.3) is 0 Å². The number of benzene rings is 1. The second-order valence-corrected chi connectivity index (χ2v) is 3.35. The average Bonchev–Trinajstić information content (AvgIpc) is 2.61. The van der Waals surface area contributed by atoms with E-state index in [-0.39, 0.29) is 0 Å². The fourth-order valence-electron chi connectivity index (χ4n) is 1.84. The van der Waals surface area contributed by atoms with Gasteiger partial charge in [-0.3, -0.25) is 0 Å². The predicted octanol–water partition coefficient (Wildman–Crippen LogP) is 2.99. The number of fused-ring (bicyclic) bond motifs is 1. The second-order valence-electron chi connectivity index (χ2n) is 3.35. The van der Waals surface area contributed by atoms with Crippen LogP contribution in [-0.4, -0.2) is 0 Å². The molecule has 1 aliphatic rings. The minimum Gasteiger partial charge on any atom is -0.0893 e. The summed E-state index contributed by atoms with van der Waals surface area (Å²) in [6.45, 7) is 0.476. The Morgan fingerprint density at radius 3 is 3.00 bits per heavy atom. The molecule has 1 aromatic rings. The lowest BCUT2D eigenvalue weighted by Gasteiger charge is -2.00. The Morgan fingerprint density at radius 1 is 1.31 bits per heavy atom. The van der Waals surface area contributed by atoms with Crippen LogP contribution in [0.2, 0.25) is 0 Å². The maximum absolute atomic E-state index is 8.18. The smallest absolute Gasteiger partial charge is 0.0510 e. The summed E-state index contributed by atoms with van der Waals surface area (Å²) in [5.74, 6) is 0. The van der Waals surface area contributed by atoms with Crippen molar-refractivity contribution in [1.82, 2.24) is 0 Å². The summed E-state index contributed by atoms with van der Waals surface area (Å²) in [6, 6.07) is 6.38. The van der Waals surface area contributed by atoms with E-state index in [0.29, 0.717) is 6.54 Å². The Kier molecular flexibility index (Phi) is 2.19. The van der Waals surface area contributed by atoms with E-state index in [1.165, 1.54) is 30.4 Å². The molecule has 0 aromatic heterocycles. The van der Waals surface area contributed by atoms with Crippen LogP contribution < -0.4 is 0 Å². The Hall–Kier alpha value is -1.47. The monoisotopic (exact) mass is 173 g/mol. The van der Waals surface area contributed by atoms with Crippen LogP contribution in [0.25, 0.3) is 10.4 Å². The van der Waals surface area contributed by atoms with E-state index in [1.807, 2.05) is 0 Å². The van der Waals surface area contributed by atoms with E-state index in [0.717, 1.165) is 5.56 Å². The summed E-state index contributed by atoms with van der Waals surface area (Å²) in [4.78, 5) is 2.75. The molecule has 0 amide bonds. The van der Waals surface area contributed by atoms with E-state index in [1.54, 1.807) is 0 Å². The van der Waals surface area contributed by atoms with Gasteiger partial charge in [-0.05, 0) is 41.5 Å². The fraction of sp³-hybridized carbons (Fsp3) is 0.400. The first-order valence-corrected chi connectivity index (χ1v) is 4.51. The highest BCUT2D eigenvalue weighted by Crippen LogP contribution is 2.22. The molecule has 13 heavy (non-hydrogen) atoms. The SMILES string of the molecule is [N-]=[N+]=NCc1ccc2c(c1)CCC2. The lowest BCUT2D eigenvalue weighted by molar-refractivity contribution is 0.911. The molecule has 0 aliphatic heterocycles. The molecule has 3 heteroatoms. The maximum atomic E-state index is 8.18. The first-order valence-electron chi connectivity index (χ1n) is 4.51. The van der Waals surface area contributed by atoms with E-state index in [9.17, 15) is 0 Å². The zero-order valence-electron chi connectivity index (χ0n) is 7.40. The summed E-state index contributed by atoms with van der Waals surface area (Å²) in [6.07, 6.45) is 3.65. The molecule has 1 aromatic carbocycles. The molecule has 0 spiro atoms. The van der Waals surface area contributed by atoms with Crippen LogP contribution in [0.3, 0.4) is 0 Å². The van der Waals surface area contributed by atoms with Gasteiger partial charge in [0.1, 0.15) is 0 Å². The van der Waals surface area contributed by atoms with Gasteiger partial charge in [-0.25, -0.2) is 0 Å². The van der Waals surface area contributed by atoms with Gasteiger partial charge in [0.15, 0.2) is 0 Å². The van der Waals surface area contributed by atoms with Crippen LogP contribution in [-0.2, 0) is 19.4 Å². The van der Waals surface area contributed by atoms with Gasteiger partial charge in [-0.15, -0.1) is 0 Å². The number of aryl methyl sites for hydroxylation is 2. The van der Waals surface area contributed by atoms with Gasteiger partial charge >= 0.3 is 0 Å².